The third-order valence-electron chi connectivity index (χ3n) is 3.08. The number of imide groups is 1. The van der Waals surface area contributed by atoms with Gasteiger partial charge in [0.2, 0.25) is 0 Å². The number of thioether (sulfide) groups is 1. The second kappa shape index (κ2) is 8.03. The van der Waals surface area contributed by atoms with E-state index in [1.165, 1.54) is 18.7 Å². The van der Waals surface area contributed by atoms with E-state index in [2.05, 4.69) is 0 Å². The molecule has 1 atom stereocenters. The molecule has 0 aliphatic heterocycles. The molecular weight excluding hydrogens is 352 g/mol. The predicted octanol–water partition coefficient (Wildman–Crippen LogP) is 2.71. The fourth-order valence-corrected chi connectivity index (χ4v) is 3.25. The SMILES string of the molecule is C[C@H](OC(=O)CSc1cccc2cccc(Cl)c12)C(=O)NC(N)=O. The molecule has 0 unspecified atom stereocenters. The van der Waals surface area contributed by atoms with Crippen LogP contribution in [0, 0.1) is 0 Å². The maximum atomic E-state index is 11.9. The molecule has 6 nitrogen and oxygen atoms in total. The third-order valence-corrected chi connectivity index (χ3v) is 4.43. The van der Waals surface area contributed by atoms with E-state index in [9.17, 15) is 14.4 Å². The van der Waals surface area contributed by atoms with Crippen LogP contribution in [-0.2, 0) is 14.3 Å². The van der Waals surface area contributed by atoms with Gasteiger partial charge in [0.15, 0.2) is 6.10 Å². The van der Waals surface area contributed by atoms with Crippen molar-refractivity contribution in [1.82, 2.24) is 5.32 Å². The van der Waals surface area contributed by atoms with E-state index in [1.807, 2.05) is 35.6 Å². The van der Waals surface area contributed by atoms with Crippen LogP contribution in [-0.4, -0.2) is 29.8 Å². The first-order valence-corrected chi connectivity index (χ1v) is 8.34. The molecule has 0 aliphatic carbocycles. The summed E-state index contributed by atoms with van der Waals surface area (Å²) >= 11 is 7.48. The van der Waals surface area contributed by atoms with Crippen LogP contribution in [0.4, 0.5) is 4.79 Å². The Morgan fingerprint density at radius 1 is 1.25 bits per heavy atom. The average Bonchev–Trinajstić information content (AvgIpc) is 2.52. The Kier molecular flexibility index (Phi) is 6.05. The second-order valence-electron chi connectivity index (χ2n) is 4.87. The standard InChI is InChI=1S/C16H15ClN2O4S/c1-9(15(21)19-16(18)22)23-13(20)8-24-12-7-3-5-10-4-2-6-11(17)14(10)12/h2-7,9H,8H2,1H3,(H3,18,19,21,22)/t9-/m0/s1. The van der Waals surface area contributed by atoms with E-state index in [1.54, 1.807) is 6.07 Å². The zero-order chi connectivity index (χ0) is 17.7. The minimum absolute atomic E-state index is 0.00146. The molecule has 2 aromatic carbocycles. The number of hydrogen-bond acceptors (Lipinski definition) is 5. The van der Waals surface area contributed by atoms with E-state index in [4.69, 9.17) is 22.1 Å². The molecule has 0 aliphatic rings. The Hall–Kier alpha value is -2.25. The number of nitrogens with two attached hydrogens (primary N) is 1. The summed E-state index contributed by atoms with van der Waals surface area (Å²) in [6.45, 7) is 1.36. The molecule has 0 saturated carbocycles. The number of ether oxygens (including phenoxy) is 1. The molecule has 0 radical (unpaired) electrons. The van der Waals surface area contributed by atoms with Crippen LogP contribution < -0.4 is 11.1 Å². The summed E-state index contributed by atoms with van der Waals surface area (Å²) in [7, 11) is 0. The number of amides is 3. The molecule has 2 aromatic rings. The van der Waals surface area contributed by atoms with Crippen LogP contribution in [0.1, 0.15) is 6.92 Å². The van der Waals surface area contributed by atoms with Gasteiger partial charge in [0.05, 0.1) is 5.75 Å². The maximum absolute atomic E-state index is 11.9. The van der Waals surface area contributed by atoms with Gasteiger partial charge in [0.25, 0.3) is 5.91 Å². The van der Waals surface area contributed by atoms with Crippen LogP contribution in [0.15, 0.2) is 41.3 Å². The quantitative estimate of drug-likeness (QED) is 0.626. The molecule has 3 amide bonds. The highest BCUT2D eigenvalue weighted by molar-refractivity contribution is 8.00. The van der Waals surface area contributed by atoms with Crippen LogP contribution in [0.3, 0.4) is 0 Å². The van der Waals surface area contributed by atoms with Crippen LogP contribution in [0.5, 0.6) is 0 Å². The molecular formula is C16H15ClN2O4S. The molecule has 3 N–H and O–H groups in total. The Morgan fingerprint density at radius 3 is 2.58 bits per heavy atom. The Bertz CT molecular complexity index is 791. The molecule has 8 heteroatoms. The van der Waals surface area contributed by atoms with Crippen LogP contribution in [0.2, 0.25) is 5.02 Å². The number of urea groups is 1. The zero-order valence-corrected chi connectivity index (χ0v) is 14.3. The van der Waals surface area contributed by atoms with E-state index in [0.717, 1.165) is 15.7 Å². The van der Waals surface area contributed by atoms with Crippen LogP contribution >= 0.6 is 23.4 Å². The van der Waals surface area contributed by atoms with Crippen molar-refractivity contribution < 1.29 is 19.1 Å². The smallest absolute Gasteiger partial charge is 0.318 e. The van der Waals surface area contributed by atoms with Crippen LogP contribution in [0.25, 0.3) is 10.8 Å². The molecule has 0 fully saturated rings. The fraction of sp³-hybridized carbons (Fsp3) is 0.188. The van der Waals surface area contributed by atoms with Gasteiger partial charge in [0.1, 0.15) is 0 Å². The van der Waals surface area contributed by atoms with Gasteiger partial charge in [-0.15, -0.1) is 11.8 Å². The van der Waals surface area contributed by atoms with Crippen molar-refractivity contribution in [3.05, 3.63) is 41.4 Å². The number of benzene rings is 2. The Balaban J connectivity index is 2.00. The summed E-state index contributed by atoms with van der Waals surface area (Å²) in [5.41, 5.74) is 4.84. The molecule has 24 heavy (non-hydrogen) atoms. The monoisotopic (exact) mass is 366 g/mol. The van der Waals surface area contributed by atoms with Gasteiger partial charge in [-0.1, -0.05) is 35.9 Å². The van der Waals surface area contributed by atoms with Crippen molar-refractivity contribution in [3.63, 3.8) is 0 Å². The minimum atomic E-state index is -1.11. The first-order valence-electron chi connectivity index (χ1n) is 6.98. The van der Waals surface area contributed by atoms with E-state index >= 15 is 0 Å². The molecule has 0 saturated heterocycles. The van der Waals surface area contributed by atoms with Gasteiger partial charge >= 0.3 is 12.0 Å². The molecule has 0 spiro atoms. The van der Waals surface area contributed by atoms with Crippen molar-refractivity contribution in [2.45, 2.75) is 17.9 Å². The lowest BCUT2D eigenvalue weighted by molar-refractivity contribution is -0.151. The highest BCUT2D eigenvalue weighted by atomic mass is 35.5. The number of hydrogen-bond donors (Lipinski definition) is 2. The topological polar surface area (TPSA) is 98.5 Å². The Labute approximate surface area is 147 Å². The maximum Gasteiger partial charge on any atom is 0.318 e. The number of esters is 1. The third kappa shape index (κ3) is 4.62. The number of halogens is 1. The average molecular weight is 367 g/mol. The van der Waals surface area contributed by atoms with Crippen molar-refractivity contribution >= 4 is 52.0 Å². The summed E-state index contributed by atoms with van der Waals surface area (Å²) in [4.78, 5) is 34.8. The number of carbonyl (C=O) groups excluding carboxylic acids is 3. The van der Waals surface area contributed by atoms with E-state index in [0.29, 0.717) is 5.02 Å². The first-order chi connectivity index (χ1) is 11.4. The number of fused-ring (bicyclic) bond motifs is 1. The lowest BCUT2D eigenvalue weighted by Crippen LogP contribution is -2.42. The fourth-order valence-electron chi connectivity index (χ4n) is 2.03. The predicted molar refractivity (Wildman–Crippen MR) is 93.0 cm³/mol. The highest BCUT2D eigenvalue weighted by Gasteiger charge is 2.19. The molecule has 0 aromatic heterocycles. The lowest BCUT2D eigenvalue weighted by atomic mass is 10.1. The van der Waals surface area contributed by atoms with Crippen molar-refractivity contribution in [3.8, 4) is 0 Å². The molecule has 0 bridgehead atoms. The first kappa shape index (κ1) is 18.1. The summed E-state index contributed by atoms with van der Waals surface area (Å²) in [6.07, 6.45) is -1.11. The normalized spacial score (nSPS) is 11.8. The number of carbonyl (C=O) groups is 3. The van der Waals surface area contributed by atoms with Gasteiger partial charge in [-0.2, -0.15) is 0 Å². The second-order valence-corrected chi connectivity index (χ2v) is 6.29. The van der Waals surface area contributed by atoms with Crippen molar-refractivity contribution in [1.29, 1.82) is 0 Å². The summed E-state index contributed by atoms with van der Waals surface area (Å²) in [6, 6.07) is 10.2. The van der Waals surface area contributed by atoms with Crippen molar-refractivity contribution in [2.24, 2.45) is 5.73 Å². The minimum Gasteiger partial charge on any atom is -0.452 e. The molecule has 2 rings (SSSR count). The largest absolute Gasteiger partial charge is 0.452 e. The van der Waals surface area contributed by atoms with Gasteiger partial charge in [-0.3, -0.25) is 14.9 Å². The molecule has 0 heterocycles. The van der Waals surface area contributed by atoms with Gasteiger partial charge in [-0.05, 0) is 24.4 Å². The van der Waals surface area contributed by atoms with Gasteiger partial charge < -0.3 is 10.5 Å². The summed E-state index contributed by atoms with van der Waals surface area (Å²) < 4.78 is 4.96. The molecule has 126 valence electrons. The number of nitrogens with one attached hydrogen (secondary N) is 1. The summed E-state index contributed by atoms with van der Waals surface area (Å²) in [5, 5.41) is 4.28. The van der Waals surface area contributed by atoms with Gasteiger partial charge in [-0.25, -0.2) is 4.79 Å². The lowest BCUT2D eigenvalue weighted by Gasteiger charge is -2.12. The Morgan fingerprint density at radius 2 is 1.92 bits per heavy atom. The van der Waals surface area contributed by atoms with E-state index in [-0.39, 0.29) is 5.75 Å². The van der Waals surface area contributed by atoms with E-state index < -0.39 is 24.0 Å². The zero-order valence-electron chi connectivity index (χ0n) is 12.7. The number of rotatable bonds is 5. The highest BCUT2D eigenvalue weighted by Crippen LogP contribution is 2.33. The van der Waals surface area contributed by atoms with Crippen molar-refractivity contribution in [2.75, 3.05) is 5.75 Å². The summed E-state index contributed by atoms with van der Waals surface area (Å²) in [5.74, 6) is -1.36. The number of primary amides is 1. The van der Waals surface area contributed by atoms with Gasteiger partial charge in [0, 0.05) is 15.3 Å².